The fourth-order valence-corrected chi connectivity index (χ4v) is 2.52. The van der Waals surface area contributed by atoms with Crippen molar-refractivity contribution in [1.29, 1.82) is 0 Å². The molecule has 0 aromatic rings. The zero-order valence-electron chi connectivity index (χ0n) is 11.8. The van der Waals surface area contributed by atoms with E-state index in [9.17, 15) is 4.79 Å². The molecule has 0 spiro atoms. The van der Waals surface area contributed by atoms with Gasteiger partial charge in [-0.1, -0.05) is 0 Å². The Kier molecular flexibility index (Phi) is 8.22. The first kappa shape index (κ1) is 15.6. The molecule has 1 aliphatic rings. The Bertz CT molecular complexity index is 233. The van der Waals surface area contributed by atoms with Gasteiger partial charge < -0.3 is 14.4 Å². The van der Waals surface area contributed by atoms with Crippen molar-refractivity contribution in [1.82, 2.24) is 4.90 Å². The smallest absolute Gasteiger partial charge is 0.136 e. The zero-order chi connectivity index (χ0) is 13.2. The Balaban J connectivity index is 2.23. The lowest BCUT2D eigenvalue weighted by atomic mass is 10.0. The Morgan fingerprint density at radius 1 is 1.17 bits per heavy atom. The molecule has 4 heteroatoms. The van der Waals surface area contributed by atoms with Gasteiger partial charge in [-0.25, -0.2) is 0 Å². The Morgan fingerprint density at radius 3 is 2.56 bits per heavy atom. The van der Waals surface area contributed by atoms with Gasteiger partial charge in [0.2, 0.25) is 0 Å². The maximum absolute atomic E-state index is 11.6. The van der Waals surface area contributed by atoms with E-state index in [0.717, 1.165) is 65.0 Å². The van der Waals surface area contributed by atoms with Gasteiger partial charge in [-0.05, 0) is 32.2 Å². The Morgan fingerprint density at radius 2 is 1.94 bits per heavy atom. The summed E-state index contributed by atoms with van der Waals surface area (Å²) in [5, 5.41) is 0. The molecule has 1 unspecified atom stereocenters. The summed E-state index contributed by atoms with van der Waals surface area (Å²) >= 11 is 0. The van der Waals surface area contributed by atoms with E-state index in [0.29, 0.717) is 11.7 Å². The summed E-state index contributed by atoms with van der Waals surface area (Å²) in [6.45, 7) is 4.53. The van der Waals surface area contributed by atoms with Gasteiger partial charge in [0.05, 0.1) is 6.61 Å². The predicted octanol–water partition coefficient (Wildman–Crippen LogP) is 1.73. The van der Waals surface area contributed by atoms with Gasteiger partial charge in [0, 0.05) is 46.3 Å². The van der Waals surface area contributed by atoms with Crippen LogP contribution in [-0.2, 0) is 14.3 Å². The number of carbonyl (C=O) groups excluding carboxylic acids is 1. The van der Waals surface area contributed by atoms with E-state index in [2.05, 4.69) is 4.90 Å². The molecule has 0 N–H and O–H groups in total. The first-order valence-electron chi connectivity index (χ1n) is 7.01. The van der Waals surface area contributed by atoms with Crippen LogP contribution in [0.1, 0.15) is 32.1 Å². The molecular formula is C14H27NO3. The highest BCUT2D eigenvalue weighted by Crippen LogP contribution is 2.24. The number of hydrogen-bond donors (Lipinski definition) is 0. The molecule has 0 aromatic heterocycles. The fourth-order valence-electron chi connectivity index (χ4n) is 2.52. The van der Waals surface area contributed by atoms with E-state index in [-0.39, 0.29) is 0 Å². The summed E-state index contributed by atoms with van der Waals surface area (Å²) in [7, 11) is 3.46. The summed E-state index contributed by atoms with van der Waals surface area (Å²) < 4.78 is 10.2. The third kappa shape index (κ3) is 5.94. The van der Waals surface area contributed by atoms with Crippen LogP contribution in [0.4, 0.5) is 0 Å². The highest BCUT2D eigenvalue weighted by atomic mass is 16.5. The molecule has 1 fully saturated rings. The summed E-state index contributed by atoms with van der Waals surface area (Å²) in [5.41, 5.74) is 0. The SMILES string of the molecule is COCCCN(CCOC)CCC1CCCC1=O. The number of Topliss-reactive ketones (excluding diaryl/α,β-unsaturated/α-hetero) is 1. The molecule has 18 heavy (non-hydrogen) atoms. The maximum Gasteiger partial charge on any atom is 0.136 e. The van der Waals surface area contributed by atoms with Crippen LogP contribution in [0.15, 0.2) is 0 Å². The minimum absolute atomic E-state index is 0.317. The molecule has 0 bridgehead atoms. The van der Waals surface area contributed by atoms with Crippen LogP contribution in [-0.4, -0.2) is 57.8 Å². The van der Waals surface area contributed by atoms with Gasteiger partial charge in [0.1, 0.15) is 5.78 Å². The Hall–Kier alpha value is -0.450. The van der Waals surface area contributed by atoms with Crippen molar-refractivity contribution >= 4 is 5.78 Å². The zero-order valence-corrected chi connectivity index (χ0v) is 11.8. The largest absolute Gasteiger partial charge is 0.385 e. The number of methoxy groups -OCH3 is 2. The van der Waals surface area contributed by atoms with Crippen molar-refractivity contribution in [3.8, 4) is 0 Å². The van der Waals surface area contributed by atoms with Crippen molar-refractivity contribution < 1.29 is 14.3 Å². The van der Waals surface area contributed by atoms with Gasteiger partial charge in [-0.3, -0.25) is 4.79 Å². The summed E-state index contributed by atoms with van der Waals surface area (Å²) in [6, 6.07) is 0. The van der Waals surface area contributed by atoms with Crippen molar-refractivity contribution in [3.63, 3.8) is 0 Å². The van der Waals surface area contributed by atoms with Crippen LogP contribution in [0.5, 0.6) is 0 Å². The molecule has 1 saturated carbocycles. The van der Waals surface area contributed by atoms with E-state index < -0.39 is 0 Å². The lowest BCUT2D eigenvalue weighted by Crippen LogP contribution is -2.31. The van der Waals surface area contributed by atoms with Gasteiger partial charge in [-0.15, -0.1) is 0 Å². The van der Waals surface area contributed by atoms with Crippen LogP contribution in [0.25, 0.3) is 0 Å². The van der Waals surface area contributed by atoms with Crippen LogP contribution >= 0.6 is 0 Å². The van der Waals surface area contributed by atoms with Crippen molar-refractivity contribution in [2.45, 2.75) is 32.1 Å². The lowest BCUT2D eigenvalue weighted by Gasteiger charge is -2.23. The average Bonchev–Trinajstić information content (AvgIpc) is 2.78. The predicted molar refractivity (Wildman–Crippen MR) is 71.8 cm³/mol. The van der Waals surface area contributed by atoms with Crippen molar-refractivity contribution in [2.75, 3.05) is 47.1 Å². The van der Waals surface area contributed by atoms with Gasteiger partial charge >= 0.3 is 0 Å². The number of hydrogen-bond acceptors (Lipinski definition) is 4. The monoisotopic (exact) mass is 257 g/mol. The number of nitrogens with zero attached hydrogens (tertiary/aromatic N) is 1. The molecule has 0 amide bonds. The molecule has 0 aliphatic heterocycles. The molecule has 106 valence electrons. The first-order chi connectivity index (χ1) is 8.77. The topological polar surface area (TPSA) is 38.8 Å². The van der Waals surface area contributed by atoms with E-state index in [1.54, 1.807) is 14.2 Å². The molecule has 4 nitrogen and oxygen atoms in total. The van der Waals surface area contributed by atoms with E-state index >= 15 is 0 Å². The average molecular weight is 257 g/mol. The molecule has 1 aliphatic carbocycles. The lowest BCUT2D eigenvalue weighted by molar-refractivity contribution is -0.120. The van der Waals surface area contributed by atoms with E-state index in [4.69, 9.17) is 9.47 Å². The third-order valence-corrected chi connectivity index (χ3v) is 3.66. The third-order valence-electron chi connectivity index (χ3n) is 3.66. The Labute approximate surface area is 111 Å². The summed E-state index contributed by atoms with van der Waals surface area (Å²) in [5.74, 6) is 0.788. The second-order valence-corrected chi connectivity index (χ2v) is 5.02. The van der Waals surface area contributed by atoms with Crippen LogP contribution in [0, 0.1) is 5.92 Å². The molecule has 1 atom stereocenters. The molecule has 0 aromatic carbocycles. The maximum atomic E-state index is 11.6. The highest BCUT2D eigenvalue weighted by Gasteiger charge is 2.24. The van der Waals surface area contributed by atoms with Gasteiger partial charge in [0.25, 0.3) is 0 Å². The summed E-state index contributed by atoms with van der Waals surface area (Å²) in [6.07, 6.45) is 5.03. The molecular weight excluding hydrogens is 230 g/mol. The minimum Gasteiger partial charge on any atom is -0.385 e. The van der Waals surface area contributed by atoms with Gasteiger partial charge in [-0.2, -0.15) is 0 Å². The second-order valence-electron chi connectivity index (χ2n) is 5.02. The normalized spacial score (nSPS) is 19.9. The second kappa shape index (κ2) is 9.48. The number of carbonyl (C=O) groups is 1. The molecule has 0 radical (unpaired) electrons. The van der Waals surface area contributed by atoms with Gasteiger partial charge in [0.15, 0.2) is 0 Å². The standard InChI is InChI=1S/C14H27NO3/c1-17-11-4-8-15(10-12-18-2)9-7-13-5-3-6-14(13)16/h13H,3-12H2,1-2H3. The quantitative estimate of drug-likeness (QED) is 0.559. The number of ketones is 1. The van der Waals surface area contributed by atoms with Crippen LogP contribution in [0.3, 0.4) is 0 Å². The summed E-state index contributed by atoms with van der Waals surface area (Å²) in [4.78, 5) is 14.0. The highest BCUT2D eigenvalue weighted by molar-refractivity contribution is 5.82. The van der Waals surface area contributed by atoms with E-state index in [1.165, 1.54) is 0 Å². The fraction of sp³-hybridized carbons (Fsp3) is 0.929. The van der Waals surface area contributed by atoms with Crippen LogP contribution < -0.4 is 0 Å². The number of ether oxygens (including phenoxy) is 2. The van der Waals surface area contributed by atoms with Crippen LogP contribution in [0.2, 0.25) is 0 Å². The molecule has 0 heterocycles. The minimum atomic E-state index is 0.317. The van der Waals surface area contributed by atoms with Crippen molar-refractivity contribution in [3.05, 3.63) is 0 Å². The first-order valence-corrected chi connectivity index (χ1v) is 7.01. The number of rotatable bonds is 10. The molecule has 1 rings (SSSR count). The van der Waals surface area contributed by atoms with E-state index in [1.807, 2.05) is 0 Å². The molecule has 0 saturated heterocycles. The van der Waals surface area contributed by atoms with Crippen molar-refractivity contribution in [2.24, 2.45) is 5.92 Å².